The molecule has 4 heterocycles. The number of hydrogen-bond donors (Lipinski definition) is 1. The molecule has 1 aliphatic heterocycles. The predicted molar refractivity (Wildman–Crippen MR) is 277 cm³/mol. The van der Waals surface area contributed by atoms with Gasteiger partial charge in [0.05, 0.1) is 22.1 Å². The van der Waals surface area contributed by atoms with Gasteiger partial charge in [-0.1, -0.05) is 194 Å². The summed E-state index contributed by atoms with van der Waals surface area (Å²) in [6, 6.07) is 80.0. The van der Waals surface area contributed by atoms with Gasteiger partial charge in [0, 0.05) is 49.5 Å². The van der Waals surface area contributed by atoms with Crippen LogP contribution in [0.2, 0.25) is 0 Å². The number of para-hydroxylation sites is 2. The van der Waals surface area contributed by atoms with Crippen molar-refractivity contribution in [2.75, 3.05) is 0 Å². The van der Waals surface area contributed by atoms with Gasteiger partial charge in [-0.3, -0.25) is 4.57 Å². The van der Waals surface area contributed by atoms with E-state index in [0.717, 1.165) is 88.5 Å². The van der Waals surface area contributed by atoms with Gasteiger partial charge < -0.3 is 9.88 Å². The van der Waals surface area contributed by atoms with Crippen molar-refractivity contribution in [1.29, 1.82) is 0 Å². The van der Waals surface area contributed by atoms with Crippen molar-refractivity contribution >= 4 is 55.3 Å². The molecule has 0 saturated carbocycles. The Hall–Kier alpha value is -9.27. The van der Waals surface area contributed by atoms with Crippen LogP contribution in [0.1, 0.15) is 22.9 Å². The zero-order valence-corrected chi connectivity index (χ0v) is 36.6. The lowest BCUT2D eigenvalue weighted by atomic mass is 10.1. The van der Waals surface area contributed by atoms with Crippen molar-refractivity contribution < 1.29 is 0 Å². The third-order valence-corrected chi connectivity index (χ3v) is 12.8. The molecule has 1 atom stereocenters. The van der Waals surface area contributed by atoms with Gasteiger partial charge in [0.1, 0.15) is 12.0 Å². The Morgan fingerprint density at radius 1 is 0.382 bits per heavy atom. The molecule has 13 rings (SSSR count). The number of amidine groups is 2. The number of aliphatic imine (C=N–C) groups is 2. The lowest BCUT2D eigenvalue weighted by Gasteiger charge is -2.24. The first-order chi connectivity index (χ1) is 33.7. The number of nitrogens with zero attached hydrogens (tertiary/aromatic N) is 7. The largest absolute Gasteiger partial charge is 0.344 e. The zero-order chi connectivity index (χ0) is 45.0. The average molecular weight is 873 g/mol. The maximum absolute atomic E-state index is 5.43. The highest BCUT2D eigenvalue weighted by atomic mass is 15.2. The van der Waals surface area contributed by atoms with Crippen molar-refractivity contribution in [2.24, 2.45) is 9.98 Å². The molecular weight excluding hydrogens is 833 g/mol. The highest BCUT2D eigenvalue weighted by Gasteiger charge is 2.25. The molecule has 0 bridgehead atoms. The van der Waals surface area contributed by atoms with Crippen LogP contribution in [0, 0.1) is 0 Å². The van der Waals surface area contributed by atoms with Gasteiger partial charge in [-0.05, 0) is 53.1 Å². The van der Waals surface area contributed by atoms with E-state index in [1.54, 1.807) is 0 Å². The zero-order valence-electron chi connectivity index (χ0n) is 36.6. The van der Waals surface area contributed by atoms with Crippen LogP contribution in [0.5, 0.6) is 0 Å². The van der Waals surface area contributed by atoms with E-state index in [9.17, 15) is 0 Å². The first kappa shape index (κ1) is 39.1. The summed E-state index contributed by atoms with van der Waals surface area (Å²) >= 11 is 0. The minimum Gasteiger partial charge on any atom is -0.344 e. The van der Waals surface area contributed by atoms with Crippen LogP contribution in [-0.4, -0.2) is 35.8 Å². The van der Waals surface area contributed by atoms with Crippen LogP contribution in [0.4, 0.5) is 0 Å². The molecule has 3 aromatic heterocycles. The van der Waals surface area contributed by atoms with Crippen LogP contribution in [0.3, 0.4) is 0 Å². The quantitative estimate of drug-likeness (QED) is 0.165. The molecule has 8 nitrogen and oxygen atoms in total. The molecule has 0 radical (unpaired) electrons. The van der Waals surface area contributed by atoms with Crippen LogP contribution < -0.4 is 5.32 Å². The lowest BCUT2D eigenvalue weighted by molar-refractivity contribution is 0.674. The fraction of sp³-hybridized carbons (Fsp3) is 0.0167. The summed E-state index contributed by atoms with van der Waals surface area (Å²) in [5, 5.41) is 8.13. The second-order valence-corrected chi connectivity index (χ2v) is 16.9. The highest BCUT2D eigenvalue weighted by Crippen LogP contribution is 2.42. The molecule has 320 valence electrons. The molecule has 1 aliphatic rings. The third kappa shape index (κ3) is 6.74. The summed E-state index contributed by atoms with van der Waals surface area (Å²) in [4.78, 5) is 26.2. The van der Waals surface area contributed by atoms with Gasteiger partial charge in [0.2, 0.25) is 5.95 Å². The fourth-order valence-electron chi connectivity index (χ4n) is 9.69. The number of aromatic nitrogens is 5. The molecule has 0 saturated heterocycles. The van der Waals surface area contributed by atoms with E-state index in [1.165, 1.54) is 5.56 Å². The maximum Gasteiger partial charge on any atom is 0.238 e. The average Bonchev–Trinajstić information content (AvgIpc) is 3.95. The van der Waals surface area contributed by atoms with E-state index in [1.807, 2.05) is 66.7 Å². The smallest absolute Gasteiger partial charge is 0.238 e. The number of benzene rings is 9. The lowest BCUT2D eigenvalue weighted by Crippen LogP contribution is -2.33. The number of fused-ring (bicyclic) bond motifs is 7. The first-order valence-corrected chi connectivity index (χ1v) is 22.8. The molecule has 0 amide bonds. The van der Waals surface area contributed by atoms with Crippen molar-refractivity contribution in [1.82, 2.24) is 29.4 Å². The molecule has 0 aliphatic carbocycles. The van der Waals surface area contributed by atoms with Gasteiger partial charge in [-0.2, -0.15) is 9.97 Å². The van der Waals surface area contributed by atoms with Gasteiger partial charge >= 0.3 is 0 Å². The van der Waals surface area contributed by atoms with E-state index >= 15 is 0 Å². The Morgan fingerprint density at radius 2 is 0.956 bits per heavy atom. The number of nitrogens with one attached hydrogen (secondary N) is 1. The predicted octanol–water partition coefficient (Wildman–Crippen LogP) is 13.6. The Balaban J connectivity index is 1.02. The van der Waals surface area contributed by atoms with Gasteiger partial charge in [0.25, 0.3) is 0 Å². The molecule has 9 aromatic carbocycles. The Bertz CT molecular complexity index is 3930. The minimum absolute atomic E-state index is 0.427. The van der Waals surface area contributed by atoms with Crippen molar-refractivity contribution in [3.63, 3.8) is 0 Å². The number of rotatable bonds is 8. The standard InChI is InChI=1S/C60H40N8/c1-5-19-39(20-6-1)43-27-18-30-46(38-43)67-51-34-16-14-32-49(51)53-52(67)36-35-48-47-31-13-15-33-50(47)68(54(48)53)60-65-57(42-25-11-4-12-26-42)64-59(66-60)45-29-17-28-44(37-45)58-62-55(40-21-7-2-8-22-40)61-56(63-58)41-23-9-3-10-24-41/h1-38,58H,(H,61,62,63). The molecule has 12 aromatic rings. The molecule has 1 N–H and O–H groups in total. The Morgan fingerprint density at radius 3 is 1.69 bits per heavy atom. The van der Waals surface area contributed by atoms with Crippen molar-refractivity contribution in [3.8, 4) is 45.5 Å². The van der Waals surface area contributed by atoms with Crippen LogP contribution >= 0.6 is 0 Å². The SMILES string of the molecule is c1ccc(C2=NC(c3cccc(-c4nc(-c5ccccc5)nc(-n5c6ccccc6c6ccc7c(c8ccccc8n7-c7cccc(-c8ccccc8)c7)c65)n4)c3)NC(c3ccccc3)=N2)cc1. The third-order valence-electron chi connectivity index (χ3n) is 12.8. The normalized spacial score (nSPS) is 13.7. The van der Waals surface area contributed by atoms with Crippen LogP contribution in [-0.2, 0) is 0 Å². The molecular formula is C60H40N8. The van der Waals surface area contributed by atoms with Crippen LogP contribution in [0.25, 0.3) is 89.2 Å². The monoisotopic (exact) mass is 872 g/mol. The van der Waals surface area contributed by atoms with E-state index in [4.69, 9.17) is 24.9 Å². The summed E-state index contributed by atoms with van der Waals surface area (Å²) in [5.41, 5.74) is 12.3. The van der Waals surface area contributed by atoms with Crippen molar-refractivity contribution in [2.45, 2.75) is 6.17 Å². The molecule has 0 fully saturated rings. The van der Waals surface area contributed by atoms with E-state index in [2.05, 4.69) is 178 Å². The summed E-state index contributed by atoms with van der Waals surface area (Å²) < 4.78 is 4.63. The van der Waals surface area contributed by atoms with Crippen LogP contribution in [0.15, 0.2) is 241 Å². The van der Waals surface area contributed by atoms with Crippen molar-refractivity contribution in [3.05, 3.63) is 247 Å². The van der Waals surface area contributed by atoms with Gasteiger partial charge in [0.15, 0.2) is 17.5 Å². The fourth-order valence-corrected chi connectivity index (χ4v) is 9.69. The second-order valence-electron chi connectivity index (χ2n) is 16.9. The first-order valence-electron chi connectivity index (χ1n) is 22.8. The number of hydrogen-bond acceptors (Lipinski definition) is 6. The maximum atomic E-state index is 5.43. The molecule has 0 spiro atoms. The summed E-state index contributed by atoms with van der Waals surface area (Å²) in [6.07, 6.45) is -0.427. The van der Waals surface area contributed by atoms with E-state index < -0.39 is 6.17 Å². The van der Waals surface area contributed by atoms with E-state index in [-0.39, 0.29) is 0 Å². The van der Waals surface area contributed by atoms with E-state index in [0.29, 0.717) is 23.4 Å². The van der Waals surface area contributed by atoms with Gasteiger partial charge in [-0.15, -0.1) is 0 Å². The Kier molecular flexibility index (Phi) is 9.38. The molecule has 8 heteroatoms. The molecule has 68 heavy (non-hydrogen) atoms. The van der Waals surface area contributed by atoms with Gasteiger partial charge in [-0.25, -0.2) is 15.0 Å². The topological polar surface area (TPSA) is 85.3 Å². The Labute approximate surface area is 391 Å². The second kappa shape index (κ2) is 16.3. The minimum atomic E-state index is -0.427. The highest BCUT2D eigenvalue weighted by molar-refractivity contribution is 6.26. The summed E-state index contributed by atoms with van der Waals surface area (Å²) in [7, 11) is 0. The summed E-state index contributed by atoms with van der Waals surface area (Å²) in [5.74, 6) is 3.07. The molecule has 1 unspecified atom stereocenters. The summed E-state index contributed by atoms with van der Waals surface area (Å²) in [6.45, 7) is 0.